The van der Waals surface area contributed by atoms with Crippen molar-refractivity contribution in [3.8, 4) is 11.5 Å². The Bertz CT molecular complexity index is 701. The number of benzene rings is 2. The van der Waals surface area contributed by atoms with Gasteiger partial charge < -0.3 is 14.8 Å². The van der Waals surface area contributed by atoms with Crippen molar-refractivity contribution < 1.29 is 14.3 Å². The zero-order chi connectivity index (χ0) is 18.4. The van der Waals surface area contributed by atoms with Crippen molar-refractivity contribution in [1.29, 1.82) is 0 Å². The first-order valence-corrected chi connectivity index (χ1v) is 9.39. The van der Waals surface area contributed by atoms with Crippen LogP contribution >= 0.6 is 0 Å². The molecule has 2 aromatic carbocycles. The Balaban J connectivity index is 1.45. The molecule has 1 N–H and O–H groups in total. The lowest BCUT2D eigenvalue weighted by Gasteiger charge is -2.13. The highest BCUT2D eigenvalue weighted by atomic mass is 16.5. The van der Waals surface area contributed by atoms with Gasteiger partial charge in [0, 0.05) is 5.69 Å². The van der Waals surface area contributed by atoms with Gasteiger partial charge in [0.2, 0.25) is 0 Å². The summed E-state index contributed by atoms with van der Waals surface area (Å²) < 4.78 is 11.5. The molecule has 0 spiro atoms. The monoisotopic (exact) mass is 353 g/mol. The average molecular weight is 353 g/mol. The van der Waals surface area contributed by atoms with E-state index in [1.54, 1.807) is 0 Å². The summed E-state index contributed by atoms with van der Waals surface area (Å²) in [6.45, 7) is 4.28. The SMILES string of the molecule is CC(C)c1ccc(OCC(=O)Nc2ccc(OC3CCCC3)cc2)cc1. The van der Waals surface area contributed by atoms with Crippen LogP contribution in [0.4, 0.5) is 5.69 Å². The highest BCUT2D eigenvalue weighted by Gasteiger charge is 2.16. The maximum Gasteiger partial charge on any atom is 0.262 e. The minimum Gasteiger partial charge on any atom is -0.490 e. The van der Waals surface area contributed by atoms with E-state index in [2.05, 4.69) is 19.2 Å². The molecule has 2 aromatic rings. The third-order valence-electron chi connectivity index (χ3n) is 4.66. The molecule has 3 rings (SSSR count). The molecule has 1 aliphatic rings. The van der Waals surface area contributed by atoms with Crippen LogP contribution in [0, 0.1) is 0 Å². The summed E-state index contributed by atoms with van der Waals surface area (Å²) in [6.07, 6.45) is 5.10. The summed E-state index contributed by atoms with van der Waals surface area (Å²) in [5.74, 6) is 1.86. The maximum absolute atomic E-state index is 12.1. The van der Waals surface area contributed by atoms with Crippen LogP contribution in [0.3, 0.4) is 0 Å². The number of amides is 1. The first kappa shape index (κ1) is 18.3. The van der Waals surface area contributed by atoms with Crippen LogP contribution < -0.4 is 14.8 Å². The van der Waals surface area contributed by atoms with E-state index in [1.165, 1.54) is 18.4 Å². The van der Waals surface area contributed by atoms with Crippen molar-refractivity contribution in [2.45, 2.75) is 51.6 Å². The quantitative estimate of drug-likeness (QED) is 0.749. The normalized spacial score (nSPS) is 14.4. The molecule has 4 heteroatoms. The van der Waals surface area contributed by atoms with Crippen molar-refractivity contribution in [1.82, 2.24) is 0 Å². The van der Waals surface area contributed by atoms with E-state index in [0.29, 0.717) is 17.8 Å². The van der Waals surface area contributed by atoms with Gasteiger partial charge in [-0.2, -0.15) is 0 Å². The molecule has 138 valence electrons. The van der Waals surface area contributed by atoms with E-state index in [9.17, 15) is 4.79 Å². The second-order valence-electron chi connectivity index (χ2n) is 7.11. The smallest absolute Gasteiger partial charge is 0.262 e. The molecule has 0 atom stereocenters. The van der Waals surface area contributed by atoms with Crippen LogP contribution in [0.5, 0.6) is 11.5 Å². The van der Waals surface area contributed by atoms with Crippen molar-refractivity contribution >= 4 is 11.6 Å². The number of carbonyl (C=O) groups is 1. The lowest BCUT2D eigenvalue weighted by Crippen LogP contribution is -2.20. The molecule has 0 unspecified atom stereocenters. The molecule has 0 bridgehead atoms. The average Bonchev–Trinajstić information content (AvgIpc) is 3.15. The van der Waals surface area contributed by atoms with E-state index < -0.39 is 0 Å². The third-order valence-corrected chi connectivity index (χ3v) is 4.66. The zero-order valence-corrected chi connectivity index (χ0v) is 15.5. The second-order valence-corrected chi connectivity index (χ2v) is 7.11. The molecule has 0 saturated heterocycles. The minimum atomic E-state index is -0.178. The second kappa shape index (κ2) is 8.75. The van der Waals surface area contributed by atoms with Gasteiger partial charge >= 0.3 is 0 Å². The van der Waals surface area contributed by atoms with E-state index in [-0.39, 0.29) is 12.5 Å². The molecule has 0 heterocycles. The largest absolute Gasteiger partial charge is 0.490 e. The first-order chi connectivity index (χ1) is 12.6. The Morgan fingerprint density at radius 1 is 1.00 bits per heavy atom. The van der Waals surface area contributed by atoms with Crippen LogP contribution in [0.1, 0.15) is 51.0 Å². The molecular weight excluding hydrogens is 326 g/mol. The van der Waals surface area contributed by atoms with Crippen molar-refractivity contribution in [2.24, 2.45) is 0 Å². The third kappa shape index (κ3) is 5.25. The van der Waals surface area contributed by atoms with E-state index in [0.717, 1.165) is 24.3 Å². The molecule has 0 aliphatic heterocycles. The van der Waals surface area contributed by atoms with Gasteiger partial charge in [0.15, 0.2) is 6.61 Å². The van der Waals surface area contributed by atoms with Gasteiger partial charge in [0.25, 0.3) is 5.91 Å². The molecule has 1 saturated carbocycles. The van der Waals surface area contributed by atoms with Gasteiger partial charge in [-0.25, -0.2) is 0 Å². The highest BCUT2D eigenvalue weighted by Crippen LogP contribution is 2.25. The zero-order valence-electron chi connectivity index (χ0n) is 15.5. The Labute approximate surface area is 155 Å². The van der Waals surface area contributed by atoms with E-state index in [4.69, 9.17) is 9.47 Å². The summed E-state index contributed by atoms with van der Waals surface area (Å²) in [5, 5.41) is 2.84. The topological polar surface area (TPSA) is 47.6 Å². The van der Waals surface area contributed by atoms with E-state index in [1.807, 2.05) is 48.5 Å². The predicted molar refractivity (Wildman–Crippen MR) is 104 cm³/mol. The lowest BCUT2D eigenvalue weighted by molar-refractivity contribution is -0.118. The van der Waals surface area contributed by atoms with Gasteiger partial charge in [-0.15, -0.1) is 0 Å². The first-order valence-electron chi connectivity index (χ1n) is 9.39. The van der Waals surface area contributed by atoms with Crippen molar-refractivity contribution in [3.63, 3.8) is 0 Å². The molecule has 1 fully saturated rings. The number of nitrogens with one attached hydrogen (secondary N) is 1. The fourth-order valence-corrected chi connectivity index (χ4v) is 3.11. The van der Waals surface area contributed by atoms with Gasteiger partial charge in [-0.3, -0.25) is 4.79 Å². The number of anilines is 1. The minimum absolute atomic E-state index is 0.0125. The maximum atomic E-state index is 12.1. The summed E-state index contributed by atoms with van der Waals surface area (Å²) in [4.78, 5) is 12.1. The van der Waals surface area contributed by atoms with Crippen LogP contribution in [-0.4, -0.2) is 18.6 Å². The number of carbonyl (C=O) groups excluding carboxylic acids is 1. The van der Waals surface area contributed by atoms with Gasteiger partial charge in [0.1, 0.15) is 11.5 Å². The van der Waals surface area contributed by atoms with Gasteiger partial charge in [-0.1, -0.05) is 26.0 Å². The molecule has 4 nitrogen and oxygen atoms in total. The number of hydrogen-bond acceptors (Lipinski definition) is 3. The summed E-state index contributed by atoms with van der Waals surface area (Å²) >= 11 is 0. The Morgan fingerprint density at radius 3 is 2.23 bits per heavy atom. The standard InChI is InChI=1S/C22H27NO3/c1-16(2)17-7-11-19(12-8-17)25-15-22(24)23-18-9-13-21(14-10-18)26-20-5-3-4-6-20/h7-14,16,20H,3-6,15H2,1-2H3,(H,23,24). The van der Waals surface area contributed by atoms with Crippen molar-refractivity contribution in [3.05, 3.63) is 54.1 Å². The van der Waals surface area contributed by atoms with Crippen LogP contribution in [0.15, 0.2) is 48.5 Å². The van der Waals surface area contributed by atoms with Crippen molar-refractivity contribution in [2.75, 3.05) is 11.9 Å². The fraction of sp³-hybridized carbons (Fsp3) is 0.409. The number of hydrogen-bond donors (Lipinski definition) is 1. The van der Waals surface area contributed by atoms with Crippen LogP contribution in [0.25, 0.3) is 0 Å². The molecule has 1 amide bonds. The fourth-order valence-electron chi connectivity index (χ4n) is 3.11. The summed E-state index contributed by atoms with van der Waals surface area (Å²) in [5.41, 5.74) is 1.99. The summed E-state index contributed by atoms with van der Waals surface area (Å²) in [6, 6.07) is 15.4. The molecule has 0 aromatic heterocycles. The Kier molecular flexibility index (Phi) is 6.16. The van der Waals surface area contributed by atoms with E-state index >= 15 is 0 Å². The predicted octanol–water partition coefficient (Wildman–Crippen LogP) is 5.15. The van der Waals surface area contributed by atoms with Crippen LogP contribution in [-0.2, 0) is 4.79 Å². The lowest BCUT2D eigenvalue weighted by atomic mass is 10.0. The molecular formula is C22H27NO3. The molecule has 1 aliphatic carbocycles. The molecule has 0 radical (unpaired) electrons. The highest BCUT2D eigenvalue weighted by molar-refractivity contribution is 5.91. The van der Waals surface area contributed by atoms with Crippen LogP contribution in [0.2, 0.25) is 0 Å². The number of rotatable bonds is 7. The molecule has 26 heavy (non-hydrogen) atoms. The Hall–Kier alpha value is -2.49. The summed E-state index contributed by atoms with van der Waals surface area (Å²) in [7, 11) is 0. The Morgan fingerprint density at radius 2 is 1.62 bits per heavy atom. The number of ether oxygens (including phenoxy) is 2. The van der Waals surface area contributed by atoms with Gasteiger partial charge in [0.05, 0.1) is 6.10 Å². The van der Waals surface area contributed by atoms with Gasteiger partial charge in [-0.05, 0) is 73.6 Å².